The second-order valence-electron chi connectivity index (χ2n) is 6.45. The molecular weight excluding hydrogens is 320 g/mol. The lowest BCUT2D eigenvalue weighted by molar-refractivity contribution is -0.230. The zero-order valence-electron chi connectivity index (χ0n) is 13.6. The van der Waals surface area contributed by atoms with Crippen LogP contribution in [0.4, 0.5) is 0 Å². The monoisotopic (exact) mass is 342 g/mol. The van der Waals surface area contributed by atoms with Gasteiger partial charge in [0.05, 0.1) is 12.7 Å². The van der Waals surface area contributed by atoms with Gasteiger partial charge in [0.25, 0.3) is 0 Å². The second kappa shape index (κ2) is 6.67. The molecule has 128 valence electrons. The van der Waals surface area contributed by atoms with Crippen LogP contribution in [0.25, 0.3) is 0 Å². The third-order valence-corrected chi connectivity index (χ3v) is 4.43. The maximum atomic E-state index is 10.2. The van der Waals surface area contributed by atoms with Crippen molar-refractivity contribution in [3.05, 3.63) is 34.9 Å². The van der Waals surface area contributed by atoms with Crippen molar-refractivity contribution in [1.82, 2.24) is 0 Å². The third kappa shape index (κ3) is 3.71. The van der Waals surface area contributed by atoms with Crippen LogP contribution in [0, 0.1) is 0 Å². The summed E-state index contributed by atoms with van der Waals surface area (Å²) in [4.78, 5) is 0. The lowest BCUT2D eigenvalue weighted by atomic mass is 10.0. The second-order valence-corrected chi connectivity index (χ2v) is 6.88. The number of fused-ring (bicyclic) bond motifs is 1. The molecule has 0 amide bonds. The fraction of sp³-hybridized carbons (Fsp3) is 0.647. The summed E-state index contributed by atoms with van der Waals surface area (Å²) in [5.74, 6) is -0.709. The SMILES string of the molecule is CC[C@@H](O)[C@H]1O[C@@H]2OC(C)(C)O[C@@H]2[C@H]1OCc1ccc(Cl)cc1. The zero-order valence-corrected chi connectivity index (χ0v) is 14.3. The molecule has 2 fully saturated rings. The zero-order chi connectivity index (χ0) is 16.6. The fourth-order valence-corrected chi connectivity index (χ4v) is 3.13. The van der Waals surface area contributed by atoms with E-state index in [4.69, 9.17) is 30.5 Å². The van der Waals surface area contributed by atoms with E-state index in [1.165, 1.54) is 0 Å². The Morgan fingerprint density at radius 2 is 1.96 bits per heavy atom. The molecule has 0 saturated carbocycles. The molecule has 2 saturated heterocycles. The summed E-state index contributed by atoms with van der Waals surface area (Å²) in [6.07, 6.45) is -1.74. The van der Waals surface area contributed by atoms with Gasteiger partial charge in [0.2, 0.25) is 0 Å². The molecule has 0 bridgehead atoms. The quantitative estimate of drug-likeness (QED) is 0.891. The van der Waals surface area contributed by atoms with Gasteiger partial charge in [-0.2, -0.15) is 0 Å². The average Bonchev–Trinajstić information content (AvgIpc) is 2.98. The molecule has 2 aliphatic heterocycles. The van der Waals surface area contributed by atoms with Gasteiger partial charge in [-0.3, -0.25) is 0 Å². The van der Waals surface area contributed by atoms with Crippen molar-refractivity contribution < 1.29 is 24.1 Å². The molecule has 6 heteroatoms. The highest BCUT2D eigenvalue weighted by Gasteiger charge is 2.56. The molecule has 3 rings (SSSR count). The van der Waals surface area contributed by atoms with E-state index < -0.39 is 24.3 Å². The van der Waals surface area contributed by atoms with Crippen LogP contribution in [0.2, 0.25) is 5.02 Å². The van der Waals surface area contributed by atoms with Crippen molar-refractivity contribution in [2.75, 3.05) is 0 Å². The van der Waals surface area contributed by atoms with Gasteiger partial charge in [-0.25, -0.2) is 0 Å². The van der Waals surface area contributed by atoms with Crippen molar-refractivity contribution >= 4 is 11.6 Å². The normalized spacial score (nSPS) is 33.6. The van der Waals surface area contributed by atoms with Gasteiger partial charge in [-0.15, -0.1) is 0 Å². The number of hydrogen-bond acceptors (Lipinski definition) is 5. The van der Waals surface area contributed by atoms with Crippen LogP contribution in [0.5, 0.6) is 0 Å². The first-order valence-corrected chi connectivity index (χ1v) is 8.32. The van der Waals surface area contributed by atoms with E-state index in [0.29, 0.717) is 18.1 Å². The summed E-state index contributed by atoms with van der Waals surface area (Å²) >= 11 is 5.90. The molecular formula is C17H23ClO5. The number of aliphatic hydroxyl groups excluding tert-OH is 1. The topological polar surface area (TPSA) is 57.2 Å². The average molecular weight is 343 g/mol. The molecule has 1 aromatic rings. The predicted octanol–water partition coefficient (Wildman–Crippen LogP) is 2.87. The van der Waals surface area contributed by atoms with Gasteiger partial charge >= 0.3 is 0 Å². The van der Waals surface area contributed by atoms with Gasteiger partial charge in [0, 0.05) is 5.02 Å². The maximum Gasteiger partial charge on any atom is 0.190 e. The Bertz CT molecular complexity index is 532. The summed E-state index contributed by atoms with van der Waals surface area (Å²) in [5.41, 5.74) is 1.00. The molecule has 1 N–H and O–H groups in total. The Morgan fingerprint density at radius 3 is 2.61 bits per heavy atom. The highest BCUT2D eigenvalue weighted by Crippen LogP contribution is 2.40. The number of rotatable bonds is 5. The van der Waals surface area contributed by atoms with Crippen molar-refractivity contribution in [1.29, 1.82) is 0 Å². The summed E-state index contributed by atoms with van der Waals surface area (Å²) in [6.45, 7) is 5.99. The van der Waals surface area contributed by atoms with E-state index in [1.807, 2.05) is 45.0 Å². The first-order valence-electron chi connectivity index (χ1n) is 7.95. The molecule has 0 aromatic heterocycles. The molecule has 0 aliphatic carbocycles. The van der Waals surface area contributed by atoms with Gasteiger partial charge in [-0.05, 0) is 38.0 Å². The van der Waals surface area contributed by atoms with E-state index >= 15 is 0 Å². The number of ether oxygens (including phenoxy) is 4. The molecule has 1 aromatic carbocycles. The standard InChI is InChI=1S/C17H23ClO5/c1-4-12(19)13-14(15-16(21-13)23-17(2,3)22-15)20-9-10-5-7-11(18)8-6-10/h5-8,12-16,19H,4,9H2,1-3H3/t12-,13-,14+,15-,16-/m1/s1. The lowest BCUT2D eigenvalue weighted by Gasteiger charge is -2.28. The van der Waals surface area contributed by atoms with Gasteiger partial charge in [-0.1, -0.05) is 30.7 Å². The van der Waals surface area contributed by atoms with E-state index in [1.54, 1.807) is 0 Å². The third-order valence-electron chi connectivity index (χ3n) is 4.18. The van der Waals surface area contributed by atoms with Crippen LogP contribution >= 0.6 is 11.6 Å². The van der Waals surface area contributed by atoms with Crippen LogP contribution < -0.4 is 0 Å². The van der Waals surface area contributed by atoms with Crippen molar-refractivity contribution in [2.24, 2.45) is 0 Å². The first-order chi connectivity index (χ1) is 10.9. The number of benzene rings is 1. The lowest BCUT2D eigenvalue weighted by Crippen LogP contribution is -2.42. The van der Waals surface area contributed by atoms with E-state index in [9.17, 15) is 5.11 Å². The minimum atomic E-state index is -0.709. The molecule has 0 radical (unpaired) electrons. The minimum absolute atomic E-state index is 0.344. The Kier molecular flexibility index (Phi) is 4.97. The molecule has 2 heterocycles. The van der Waals surface area contributed by atoms with Crippen molar-refractivity contribution in [2.45, 2.75) is 70.3 Å². The van der Waals surface area contributed by atoms with Crippen LogP contribution in [-0.2, 0) is 25.6 Å². The fourth-order valence-electron chi connectivity index (χ4n) is 3.01. The summed E-state index contributed by atoms with van der Waals surface area (Å²) in [5, 5.41) is 10.9. The largest absolute Gasteiger partial charge is 0.390 e. The predicted molar refractivity (Wildman–Crippen MR) is 85.0 cm³/mol. The number of aliphatic hydroxyl groups is 1. The van der Waals surface area contributed by atoms with Crippen LogP contribution in [0.1, 0.15) is 32.8 Å². The molecule has 5 nitrogen and oxygen atoms in total. The smallest absolute Gasteiger partial charge is 0.190 e. The van der Waals surface area contributed by atoms with Gasteiger partial charge in [0.1, 0.15) is 18.3 Å². The summed E-state index contributed by atoms with van der Waals surface area (Å²) < 4.78 is 23.5. The number of hydrogen-bond donors (Lipinski definition) is 1. The Balaban J connectivity index is 1.71. The van der Waals surface area contributed by atoms with Crippen molar-refractivity contribution in [3.63, 3.8) is 0 Å². The van der Waals surface area contributed by atoms with Crippen LogP contribution in [0.15, 0.2) is 24.3 Å². The highest BCUT2D eigenvalue weighted by atomic mass is 35.5. The summed E-state index contributed by atoms with van der Waals surface area (Å²) in [7, 11) is 0. The van der Waals surface area contributed by atoms with E-state index in [0.717, 1.165) is 5.56 Å². The van der Waals surface area contributed by atoms with Crippen LogP contribution in [-0.4, -0.2) is 41.6 Å². The van der Waals surface area contributed by atoms with E-state index in [2.05, 4.69) is 0 Å². The molecule has 23 heavy (non-hydrogen) atoms. The Morgan fingerprint density at radius 1 is 1.26 bits per heavy atom. The Labute approximate surface area is 141 Å². The molecule has 5 atom stereocenters. The van der Waals surface area contributed by atoms with E-state index in [-0.39, 0.29) is 12.2 Å². The number of halogens is 1. The Hall–Kier alpha value is -0.690. The maximum absolute atomic E-state index is 10.2. The van der Waals surface area contributed by atoms with Crippen LogP contribution in [0.3, 0.4) is 0 Å². The highest BCUT2D eigenvalue weighted by molar-refractivity contribution is 6.30. The molecule has 2 aliphatic rings. The molecule has 0 spiro atoms. The summed E-state index contributed by atoms with van der Waals surface area (Å²) in [6, 6.07) is 7.48. The van der Waals surface area contributed by atoms with Gasteiger partial charge in [0.15, 0.2) is 12.1 Å². The van der Waals surface area contributed by atoms with Crippen molar-refractivity contribution in [3.8, 4) is 0 Å². The minimum Gasteiger partial charge on any atom is -0.390 e. The van der Waals surface area contributed by atoms with Gasteiger partial charge < -0.3 is 24.1 Å². The first kappa shape index (κ1) is 17.1. The molecule has 0 unspecified atom stereocenters.